The molecular formula is C17H24N2O. The maximum Gasteiger partial charge on any atom is 0.222 e. The number of benzene rings is 1. The summed E-state index contributed by atoms with van der Waals surface area (Å²) >= 11 is 0. The van der Waals surface area contributed by atoms with Crippen molar-refractivity contribution < 1.29 is 4.79 Å². The van der Waals surface area contributed by atoms with Crippen LogP contribution in [0.2, 0.25) is 0 Å². The van der Waals surface area contributed by atoms with Gasteiger partial charge in [0.15, 0.2) is 0 Å². The number of aryl methyl sites for hydroxylation is 2. The minimum Gasteiger partial charge on any atom is -0.342 e. The van der Waals surface area contributed by atoms with Crippen LogP contribution in [0.15, 0.2) is 24.3 Å². The van der Waals surface area contributed by atoms with Gasteiger partial charge in [-0.15, -0.1) is 0 Å². The molecule has 20 heavy (non-hydrogen) atoms. The van der Waals surface area contributed by atoms with Gasteiger partial charge in [0, 0.05) is 32.6 Å². The van der Waals surface area contributed by atoms with E-state index >= 15 is 0 Å². The Hall–Kier alpha value is -1.35. The van der Waals surface area contributed by atoms with Crippen molar-refractivity contribution in [3.8, 4) is 0 Å². The number of likely N-dealkylation sites (tertiary alicyclic amines) is 1. The number of nitrogens with zero attached hydrogens (tertiary/aromatic N) is 1. The summed E-state index contributed by atoms with van der Waals surface area (Å²) in [6.07, 6.45) is 2.59. The van der Waals surface area contributed by atoms with E-state index in [0.717, 1.165) is 39.0 Å². The lowest BCUT2D eigenvalue weighted by Crippen LogP contribution is -2.31. The van der Waals surface area contributed by atoms with Crippen LogP contribution in [0.5, 0.6) is 0 Å². The zero-order chi connectivity index (χ0) is 13.9. The average molecular weight is 272 g/mol. The van der Waals surface area contributed by atoms with E-state index in [-0.39, 0.29) is 0 Å². The van der Waals surface area contributed by atoms with Gasteiger partial charge < -0.3 is 10.2 Å². The van der Waals surface area contributed by atoms with Crippen molar-refractivity contribution >= 4 is 5.91 Å². The van der Waals surface area contributed by atoms with Crippen molar-refractivity contribution in [1.82, 2.24) is 10.2 Å². The van der Waals surface area contributed by atoms with Gasteiger partial charge in [-0.2, -0.15) is 0 Å². The molecule has 0 aromatic heterocycles. The highest BCUT2D eigenvalue weighted by Crippen LogP contribution is 2.26. The van der Waals surface area contributed by atoms with Crippen LogP contribution in [0.3, 0.4) is 0 Å². The van der Waals surface area contributed by atoms with E-state index in [4.69, 9.17) is 0 Å². The molecule has 108 valence electrons. The molecule has 1 N–H and O–H groups in total. The number of nitrogens with one attached hydrogen (secondary N) is 1. The van der Waals surface area contributed by atoms with E-state index in [2.05, 4.69) is 41.4 Å². The quantitative estimate of drug-likeness (QED) is 0.907. The Morgan fingerprint density at radius 3 is 2.35 bits per heavy atom. The van der Waals surface area contributed by atoms with Gasteiger partial charge in [-0.25, -0.2) is 0 Å². The molecule has 0 spiro atoms. The summed E-state index contributed by atoms with van der Waals surface area (Å²) in [6.45, 7) is 6.27. The summed E-state index contributed by atoms with van der Waals surface area (Å²) in [6, 6.07) is 8.67. The molecule has 1 aromatic rings. The topological polar surface area (TPSA) is 32.3 Å². The maximum absolute atomic E-state index is 12.3. The zero-order valence-corrected chi connectivity index (χ0v) is 12.3. The molecule has 1 aromatic carbocycles. The Morgan fingerprint density at radius 1 is 1.15 bits per heavy atom. The molecule has 3 rings (SSSR count). The molecule has 2 atom stereocenters. The van der Waals surface area contributed by atoms with E-state index < -0.39 is 0 Å². The van der Waals surface area contributed by atoms with Gasteiger partial charge in [-0.3, -0.25) is 4.79 Å². The molecule has 2 fully saturated rings. The van der Waals surface area contributed by atoms with Crippen molar-refractivity contribution in [2.24, 2.45) is 11.8 Å². The third kappa shape index (κ3) is 2.88. The molecule has 0 aliphatic carbocycles. The first-order valence-corrected chi connectivity index (χ1v) is 7.82. The van der Waals surface area contributed by atoms with E-state index in [0.29, 0.717) is 24.2 Å². The van der Waals surface area contributed by atoms with Crippen LogP contribution in [-0.4, -0.2) is 37.0 Å². The Bertz CT molecular complexity index is 456. The summed E-state index contributed by atoms with van der Waals surface area (Å²) in [4.78, 5) is 14.4. The molecule has 0 unspecified atom stereocenters. The fourth-order valence-corrected chi connectivity index (χ4v) is 3.41. The van der Waals surface area contributed by atoms with Gasteiger partial charge in [-0.1, -0.05) is 31.2 Å². The van der Waals surface area contributed by atoms with E-state index in [1.54, 1.807) is 0 Å². The molecule has 0 radical (unpaired) electrons. The van der Waals surface area contributed by atoms with Gasteiger partial charge in [0.1, 0.15) is 0 Å². The molecule has 0 bridgehead atoms. The van der Waals surface area contributed by atoms with Crippen molar-refractivity contribution in [1.29, 1.82) is 0 Å². The second-order valence-electron chi connectivity index (χ2n) is 6.15. The van der Waals surface area contributed by atoms with Crippen molar-refractivity contribution in [3.63, 3.8) is 0 Å². The predicted octanol–water partition coefficient (Wildman–Crippen LogP) is 1.86. The highest BCUT2D eigenvalue weighted by Gasteiger charge is 2.37. The Balaban J connectivity index is 1.49. The van der Waals surface area contributed by atoms with Gasteiger partial charge in [0.25, 0.3) is 0 Å². The number of carbonyl (C=O) groups excluding carboxylic acids is 1. The third-order valence-corrected chi connectivity index (χ3v) is 4.80. The minimum absolute atomic E-state index is 0.332. The second-order valence-corrected chi connectivity index (χ2v) is 6.15. The molecule has 3 nitrogen and oxygen atoms in total. The highest BCUT2D eigenvalue weighted by atomic mass is 16.2. The molecule has 2 aliphatic heterocycles. The Labute approximate surface area is 121 Å². The summed E-state index contributed by atoms with van der Waals surface area (Å²) in [7, 11) is 0. The Kier molecular flexibility index (Phi) is 4.06. The lowest BCUT2D eigenvalue weighted by atomic mass is 10.0. The number of rotatable bonds is 4. The minimum atomic E-state index is 0.332. The van der Waals surface area contributed by atoms with E-state index in [1.165, 1.54) is 11.1 Å². The fraction of sp³-hybridized carbons (Fsp3) is 0.588. The van der Waals surface area contributed by atoms with Gasteiger partial charge in [0.05, 0.1) is 0 Å². The predicted molar refractivity (Wildman–Crippen MR) is 80.6 cm³/mol. The van der Waals surface area contributed by atoms with Crippen LogP contribution < -0.4 is 5.32 Å². The fourth-order valence-electron chi connectivity index (χ4n) is 3.41. The number of hydrogen-bond acceptors (Lipinski definition) is 2. The lowest BCUT2D eigenvalue weighted by Gasteiger charge is -2.17. The molecule has 2 saturated heterocycles. The maximum atomic E-state index is 12.3. The van der Waals surface area contributed by atoms with Crippen LogP contribution in [0.4, 0.5) is 0 Å². The normalized spacial score (nSPS) is 24.9. The molecule has 1 amide bonds. The Morgan fingerprint density at radius 2 is 1.75 bits per heavy atom. The lowest BCUT2D eigenvalue weighted by molar-refractivity contribution is -0.130. The average Bonchev–Trinajstić information content (AvgIpc) is 3.06. The smallest absolute Gasteiger partial charge is 0.222 e. The summed E-state index contributed by atoms with van der Waals surface area (Å²) in [5, 5.41) is 3.41. The second kappa shape index (κ2) is 5.96. The van der Waals surface area contributed by atoms with Crippen LogP contribution in [-0.2, 0) is 17.6 Å². The van der Waals surface area contributed by atoms with Crippen LogP contribution >= 0.6 is 0 Å². The number of hydrogen-bond donors (Lipinski definition) is 1. The zero-order valence-electron chi connectivity index (χ0n) is 12.3. The SMILES string of the molecule is CCc1ccc(CCC(=O)N2C[C@H]3CNC[C@H]3C2)cc1. The first-order valence-electron chi connectivity index (χ1n) is 7.82. The molecule has 2 aliphatic rings. The molecule has 3 heteroatoms. The summed E-state index contributed by atoms with van der Waals surface area (Å²) < 4.78 is 0. The number of amides is 1. The monoisotopic (exact) mass is 272 g/mol. The van der Waals surface area contributed by atoms with Gasteiger partial charge in [-0.05, 0) is 35.8 Å². The third-order valence-electron chi connectivity index (χ3n) is 4.80. The standard InChI is InChI=1S/C17H24N2O/c1-2-13-3-5-14(6-4-13)7-8-17(20)19-11-15-9-18-10-16(15)12-19/h3-6,15-16,18H,2,7-12H2,1H3/t15-,16+. The molecule has 2 heterocycles. The van der Waals surface area contributed by atoms with Crippen LogP contribution in [0, 0.1) is 11.8 Å². The first-order chi connectivity index (χ1) is 9.76. The van der Waals surface area contributed by atoms with E-state index in [9.17, 15) is 4.79 Å². The highest BCUT2D eigenvalue weighted by molar-refractivity contribution is 5.76. The number of fused-ring (bicyclic) bond motifs is 1. The van der Waals surface area contributed by atoms with Crippen molar-refractivity contribution in [2.75, 3.05) is 26.2 Å². The molecule has 0 saturated carbocycles. The van der Waals surface area contributed by atoms with Crippen molar-refractivity contribution in [3.05, 3.63) is 35.4 Å². The molecular weight excluding hydrogens is 248 g/mol. The largest absolute Gasteiger partial charge is 0.342 e. The van der Waals surface area contributed by atoms with Crippen LogP contribution in [0.1, 0.15) is 24.5 Å². The van der Waals surface area contributed by atoms with E-state index in [1.807, 2.05) is 0 Å². The van der Waals surface area contributed by atoms with Crippen LogP contribution in [0.25, 0.3) is 0 Å². The summed E-state index contributed by atoms with van der Waals surface area (Å²) in [5.41, 5.74) is 2.64. The summed E-state index contributed by atoms with van der Waals surface area (Å²) in [5.74, 6) is 1.73. The van der Waals surface area contributed by atoms with Gasteiger partial charge >= 0.3 is 0 Å². The van der Waals surface area contributed by atoms with Crippen molar-refractivity contribution in [2.45, 2.75) is 26.2 Å². The number of carbonyl (C=O) groups is 1. The van der Waals surface area contributed by atoms with Gasteiger partial charge in [0.2, 0.25) is 5.91 Å². The first kappa shape index (κ1) is 13.6.